The number of rotatable bonds is 1. The molecule has 0 radical (unpaired) electrons. The Kier molecular flexibility index (Phi) is 3.27. The van der Waals surface area contributed by atoms with Crippen molar-refractivity contribution in [1.29, 1.82) is 0 Å². The second-order valence-electron chi connectivity index (χ2n) is 5.11. The maximum Gasteiger partial charge on any atom is 0.416 e. The van der Waals surface area contributed by atoms with Gasteiger partial charge in [-0.1, -0.05) is 29.8 Å². The average Bonchev–Trinajstić information content (AvgIpc) is 2.45. The van der Waals surface area contributed by atoms with Crippen LogP contribution >= 0.6 is 0 Å². The van der Waals surface area contributed by atoms with Crippen molar-refractivity contribution in [2.75, 3.05) is 11.9 Å². The number of anilines is 1. The maximum absolute atomic E-state index is 12.7. The SMILES string of the molecule is Cc1cccc(C2CNc3cc(C(F)(F)F)ccc3O2)c1. The first-order valence-corrected chi connectivity index (χ1v) is 6.62. The third kappa shape index (κ3) is 2.82. The first-order chi connectivity index (χ1) is 9.93. The van der Waals surface area contributed by atoms with Gasteiger partial charge in [-0.15, -0.1) is 0 Å². The molecule has 21 heavy (non-hydrogen) atoms. The Balaban J connectivity index is 1.86. The van der Waals surface area contributed by atoms with Gasteiger partial charge in [0.2, 0.25) is 0 Å². The highest BCUT2D eigenvalue weighted by atomic mass is 19.4. The van der Waals surface area contributed by atoms with Crippen molar-refractivity contribution in [2.24, 2.45) is 0 Å². The van der Waals surface area contributed by atoms with E-state index in [1.807, 2.05) is 31.2 Å². The second-order valence-corrected chi connectivity index (χ2v) is 5.11. The molecule has 0 aromatic heterocycles. The van der Waals surface area contributed by atoms with Crippen molar-refractivity contribution in [1.82, 2.24) is 0 Å². The van der Waals surface area contributed by atoms with E-state index in [-0.39, 0.29) is 6.10 Å². The van der Waals surface area contributed by atoms with Gasteiger partial charge in [-0.05, 0) is 30.7 Å². The lowest BCUT2D eigenvalue weighted by atomic mass is 10.0. The molecule has 2 aromatic carbocycles. The highest BCUT2D eigenvalue weighted by molar-refractivity contribution is 5.60. The number of alkyl halides is 3. The van der Waals surface area contributed by atoms with Gasteiger partial charge in [-0.2, -0.15) is 13.2 Å². The molecule has 1 aliphatic heterocycles. The fraction of sp³-hybridized carbons (Fsp3) is 0.250. The fourth-order valence-electron chi connectivity index (χ4n) is 2.40. The lowest BCUT2D eigenvalue weighted by Crippen LogP contribution is -2.24. The molecule has 0 fully saturated rings. The van der Waals surface area contributed by atoms with E-state index >= 15 is 0 Å². The van der Waals surface area contributed by atoms with E-state index in [0.29, 0.717) is 18.0 Å². The molecular formula is C16H14F3NO. The van der Waals surface area contributed by atoms with Gasteiger partial charge in [0.25, 0.3) is 0 Å². The maximum atomic E-state index is 12.7. The molecule has 1 unspecified atom stereocenters. The van der Waals surface area contributed by atoms with Gasteiger partial charge < -0.3 is 10.1 Å². The summed E-state index contributed by atoms with van der Waals surface area (Å²) in [5.41, 5.74) is 1.84. The smallest absolute Gasteiger partial charge is 0.416 e. The first kappa shape index (κ1) is 13.8. The number of ether oxygens (including phenoxy) is 1. The summed E-state index contributed by atoms with van der Waals surface area (Å²) in [6.07, 6.45) is -4.54. The Labute approximate surface area is 120 Å². The van der Waals surface area contributed by atoms with Crippen LogP contribution in [0.5, 0.6) is 5.75 Å². The van der Waals surface area contributed by atoms with Gasteiger partial charge in [0.15, 0.2) is 0 Å². The zero-order chi connectivity index (χ0) is 15.0. The highest BCUT2D eigenvalue weighted by Crippen LogP contribution is 2.39. The summed E-state index contributed by atoms with van der Waals surface area (Å²) in [6.45, 7) is 2.43. The number of hydrogen-bond donors (Lipinski definition) is 1. The number of hydrogen-bond acceptors (Lipinski definition) is 2. The van der Waals surface area contributed by atoms with Crippen molar-refractivity contribution >= 4 is 5.69 Å². The molecule has 0 saturated heterocycles. The zero-order valence-corrected chi connectivity index (χ0v) is 11.4. The molecular weight excluding hydrogens is 279 g/mol. The normalized spacial score (nSPS) is 17.6. The molecule has 1 N–H and O–H groups in total. The third-order valence-electron chi connectivity index (χ3n) is 3.47. The molecule has 0 bridgehead atoms. The van der Waals surface area contributed by atoms with E-state index in [1.165, 1.54) is 6.07 Å². The van der Waals surface area contributed by atoms with Crippen LogP contribution in [0.2, 0.25) is 0 Å². The van der Waals surface area contributed by atoms with Crippen molar-refractivity contribution in [3.63, 3.8) is 0 Å². The number of halogens is 3. The average molecular weight is 293 g/mol. The van der Waals surface area contributed by atoms with E-state index in [2.05, 4.69) is 5.32 Å². The van der Waals surface area contributed by atoms with Crippen LogP contribution in [0.3, 0.4) is 0 Å². The van der Waals surface area contributed by atoms with E-state index in [4.69, 9.17) is 4.74 Å². The summed E-state index contributed by atoms with van der Waals surface area (Å²) >= 11 is 0. The molecule has 2 aromatic rings. The van der Waals surface area contributed by atoms with Crippen LogP contribution in [0.1, 0.15) is 22.8 Å². The molecule has 3 rings (SSSR count). The van der Waals surface area contributed by atoms with Crippen molar-refractivity contribution < 1.29 is 17.9 Å². The number of aryl methyl sites for hydroxylation is 1. The predicted molar refractivity (Wildman–Crippen MR) is 74.5 cm³/mol. The number of benzene rings is 2. The Morgan fingerprint density at radius 1 is 1.14 bits per heavy atom. The molecule has 0 spiro atoms. The van der Waals surface area contributed by atoms with E-state index < -0.39 is 11.7 Å². The Bertz CT molecular complexity index is 667. The number of nitrogens with one attached hydrogen (secondary N) is 1. The van der Waals surface area contributed by atoms with E-state index in [9.17, 15) is 13.2 Å². The fourth-order valence-corrected chi connectivity index (χ4v) is 2.40. The van der Waals surface area contributed by atoms with E-state index in [1.54, 1.807) is 0 Å². The van der Waals surface area contributed by atoms with Gasteiger partial charge in [0, 0.05) is 0 Å². The second kappa shape index (κ2) is 4.98. The van der Waals surface area contributed by atoms with Gasteiger partial charge in [-0.25, -0.2) is 0 Å². The summed E-state index contributed by atoms with van der Waals surface area (Å²) in [4.78, 5) is 0. The molecule has 1 atom stereocenters. The molecule has 0 saturated carbocycles. The van der Waals surface area contributed by atoms with Crippen LogP contribution < -0.4 is 10.1 Å². The molecule has 110 valence electrons. The number of fused-ring (bicyclic) bond motifs is 1. The lowest BCUT2D eigenvalue weighted by molar-refractivity contribution is -0.137. The minimum atomic E-state index is -4.34. The Hall–Kier alpha value is -2.17. The van der Waals surface area contributed by atoms with Gasteiger partial charge in [-0.3, -0.25) is 0 Å². The molecule has 1 heterocycles. The summed E-state index contributed by atoms with van der Waals surface area (Å²) in [5.74, 6) is 0.445. The van der Waals surface area contributed by atoms with Crippen LogP contribution in [-0.2, 0) is 6.18 Å². The molecule has 5 heteroatoms. The summed E-state index contributed by atoms with van der Waals surface area (Å²) in [5, 5.41) is 3.02. The lowest BCUT2D eigenvalue weighted by Gasteiger charge is -2.28. The summed E-state index contributed by atoms with van der Waals surface area (Å²) in [6, 6.07) is 11.4. The topological polar surface area (TPSA) is 21.3 Å². The summed E-state index contributed by atoms with van der Waals surface area (Å²) < 4.78 is 43.8. The van der Waals surface area contributed by atoms with Crippen LogP contribution in [0.4, 0.5) is 18.9 Å². The Morgan fingerprint density at radius 3 is 2.67 bits per heavy atom. The Morgan fingerprint density at radius 2 is 1.95 bits per heavy atom. The van der Waals surface area contributed by atoms with E-state index in [0.717, 1.165) is 23.3 Å². The van der Waals surface area contributed by atoms with Gasteiger partial charge in [0.05, 0.1) is 17.8 Å². The van der Waals surface area contributed by atoms with Crippen LogP contribution in [0.15, 0.2) is 42.5 Å². The minimum Gasteiger partial charge on any atom is -0.482 e. The van der Waals surface area contributed by atoms with Crippen molar-refractivity contribution in [3.05, 3.63) is 59.2 Å². The van der Waals surface area contributed by atoms with Crippen LogP contribution in [0, 0.1) is 6.92 Å². The standard InChI is InChI=1S/C16H14F3NO/c1-10-3-2-4-11(7-10)15-9-20-13-8-12(16(17,18)19)5-6-14(13)21-15/h2-8,15,20H,9H2,1H3. The predicted octanol–water partition coefficient (Wildman–Crippen LogP) is 4.56. The summed E-state index contributed by atoms with van der Waals surface area (Å²) in [7, 11) is 0. The van der Waals surface area contributed by atoms with Crippen LogP contribution in [-0.4, -0.2) is 6.54 Å². The molecule has 0 amide bonds. The quantitative estimate of drug-likeness (QED) is 0.832. The van der Waals surface area contributed by atoms with Crippen molar-refractivity contribution in [3.8, 4) is 5.75 Å². The monoisotopic (exact) mass is 293 g/mol. The molecule has 1 aliphatic rings. The van der Waals surface area contributed by atoms with Crippen molar-refractivity contribution in [2.45, 2.75) is 19.2 Å². The highest BCUT2D eigenvalue weighted by Gasteiger charge is 2.32. The molecule has 2 nitrogen and oxygen atoms in total. The van der Waals surface area contributed by atoms with Gasteiger partial charge >= 0.3 is 6.18 Å². The first-order valence-electron chi connectivity index (χ1n) is 6.62. The third-order valence-corrected chi connectivity index (χ3v) is 3.47. The zero-order valence-electron chi connectivity index (χ0n) is 11.4. The van der Waals surface area contributed by atoms with Crippen LogP contribution in [0.25, 0.3) is 0 Å². The molecule has 0 aliphatic carbocycles. The largest absolute Gasteiger partial charge is 0.482 e. The minimum absolute atomic E-state index is 0.200. The van der Waals surface area contributed by atoms with Gasteiger partial charge in [0.1, 0.15) is 11.9 Å².